The number of allylic oxidation sites excluding steroid dienone is 1. The number of carbonyl (C=O) groups excluding carboxylic acids is 2. The van der Waals surface area contributed by atoms with Crippen molar-refractivity contribution in [3.63, 3.8) is 0 Å². The molecule has 0 bridgehead atoms. The van der Waals surface area contributed by atoms with Gasteiger partial charge in [-0.1, -0.05) is 6.08 Å². The molecule has 3 nitrogen and oxygen atoms in total. The fourth-order valence-electron chi connectivity index (χ4n) is 4.80. The maximum Gasteiger partial charge on any atom is 0.313 e. The zero-order chi connectivity index (χ0) is 13.0. The molecule has 0 radical (unpaired) electrons. The second-order valence-electron chi connectivity index (χ2n) is 6.00. The average Bonchev–Trinajstić information content (AvgIpc) is 2.94. The van der Waals surface area contributed by atoms with Gasteiger partial charge in [0, 0.05) is 17.8 Å². The molecule has 0 aromatic heterocycles. The third-order valence-electron chi connectivity index (χ3n) is 5.52. The van der Waals surface area contributed by atoms with Gasteiger partial charge in [0.05, 0.1) is 12.0 Å². The van der Waals surface area contributed by atoms with Crippen LogP contribution in [0.2, 0.25) is 0 Å². The SMILES string of the molecule is C=CC[C@@H]1CC[C@@]2(C(=O)OCC)CC(=O)[C@@H]3C[C@@]132. The molecule has 0 saturated heterocycles. The lowest BCUT2D eigenvalue weighted by molar-refractivity contribution is -0.159. The van der Waals surface area contributed by atoms with Gasteiger partial charge in [-0.3, -0.25) is 9.59 Å². The van der Waals surface area contributed by atoms with E-state index in [2.05, 4.69) is 6.58 Å². The normalized spacial score (nSPS) is 44.4. The summed E-state index contributed by atoms with van der Waals surface area (Å²) in [6.45, 7) is 6.05. The molecular weight excluding hydrogens is 228 g/mol. The Labute approximate surface area is 108 Å². The van der Waals surface area contributed by atoms with E-state index in [1.54, 1.807) is 0 Å². The second kappa shape index (κ2) is 3.69. The molecule has 4 atom stereocenters. The highest BCUT2D eigenvalue weighted by Crippen LogP contribution is 2.80. The average molecular weight is 248 g/mol. The molecule has 0 heterocycles. The Morgan fingerprint density at radius 2 is 2.39 bits per heavy atom. The largest absolute Gasteiger partial charge is 0.466 e. The van der Waals surface area contributed by atoms with Gasteiger partial charge in [0.15, 0.2) is 0 Å². The number of hydrogen-bond acceptors (Lipinski definition) is 3. The molecule has 0 amide bonds. The van der Waals surface area contributed by atoms with Gasteiger partial charge in [0.25, 0.3) is 0 Å². The Hall–Kier alpha value is -1.12. The van der Waals surface area contributed by atoms with Crippen LogP contribution in [0.1, 0.15) is 39.0 Å². The molecule has 1 spiro atoms. The van der Waals surface area contributed by atoms with E-state index in [0.29, 0.717) is 18.9 Å². The molecule has 0 unspecified atom stereocenters. The molecule has 0 aromatic carbocycles. The van der Waals surface area contributed by atoms with Crippen molar-refractivity contribution in [2.24, 2.45) is 22.7 Å². The Kier molecular flexibility index (Phi) is 2.45. The van der Waals surface area contributed by atoms with Crippen molar-refractivity contribution in [2.45, 2.75) is 39.0 Å². The molecule has 3 heteroatoms. The van der Waals surface area contributed by atoms with Crippen LogP contribution in [-0.4, -0.2) is 18.4 Å². The summed E-state index contributed by atoms with van der Waals surface area (Å²) in [7, 11) is 0. The monoisotopic (exact) mass is 248 g/mol. The van der Waals surface area contributed by atoms with Gasteiger partial charge in [-0.2, -0.15) is 0 Å². The molecule has 0 N–H and O–H groups in total. The number of Topliss-reactive ketones (excluding diaryl/α,β-unsaturated/α-hetero) is 1. The van der Waals surface area contributed by atoms with Gasteiger partial charge in [-0.25, -0.2) is 0 Å². The summed E-state index contributed by atoms with van der Waals surface area (Å²) < 4.78 is 5.28. The molecule has 98 valence electrons. The molecule has 3 saturated carbocycles. The van der Waals surface area contributed by atoms with Crippen LogP contribution in [0.15, 0.2) is 12.7 Å². The Morgan fingerprint density at radius 3 is 3.00 bits per heavy atom. The zero-order valence-electron chi connectivity index (χ0n) is 10.9. The van der Waals surface area contributed by atoms with E-state index in [0.717, 1.165) is 25.7 Å². The van der Waals surface area contributed by atoms with E-state index in [4.69, 9.17) is 4.74 Å². The van der Waals surface area contributed by atoms with Crippen LogP contribution in [-0.2, 0) is 14.3 Å². The van der Waals surface area contributed by atoms with Crippen molar-refractivity contribution in [1.29, 1.82) is 0 Å². The first-order valence-corrected chi connectivity index (χ1v) is 6.93. The predicted octanol–water partition coefficient (Wildman–Crippen LogP) is 2.50. The Bertz CT molecular complexity index is 427. The molecule has 3 rings (SSSR count). The molecule has 3 aliphatic rings. The minimum atomic E-state index is -0.488. The summed E-state index contributed by atoms with van der Waals surface area (Å²) in [6.07, 6.45) is 6.04. The van der Waals surface area contributed by atoms with E-state index in [9.17, 15) is 9.59 Å². The summed E-state index contributed by atoms with van der Waals surface area (Å²) in [5.41, 5.74) is -0.553. The third-order valence-corrected chi connectivity index (χ3v) is 5.52. The third kappa shape index (κ3) is 1.15. The first-order chi connectivity index (χ1) is 8.62. The first kappa shape index (κ1) is 11.9. The fraction of sp³-hybridized carbons (Fsp3) is 0.733. The number of rotatable bonds is 4. The number of carbonyl (C=O) groups is 2. The van der Waals surface area contributed by atoms with Crippen molar-refractivity contribution in [3.8, 4) is 0 Å². The van der Waals surface area contributed by atoms with Crippen LogP contribution in [0.4, 0.5) is 0 Å². The van der Waals surface area contributed by atoms with Crippen LogP contribution in [0.5, 0.6) is 0 Å². The summed E-state index contributed by atoms with van der Waals surface area (Å²) in [4.78, 5) is 24.4. The van der Waals surface area contributed by atoms with Crippen molar-refractivity contribution < 1.29 is 14.3 Å². The van der Waals surface area contributed by atoms with Gasteiger partial charge in [-0.15, -0.1) is 6.58 Å². The fourth-order valence-corrected chi connectivity index (χ4v) is 4.80. The topological polar surface area (TPSA) is 43.4 Å². The Balaban J connectivity index is 1.96. The molecule has 3 fully saturated rings. The molecule has 0 aliphatic heterocycles. The lowest BCUT2D eigenvalue weighted by Gasteiger charge is -2.31. The Morgan fingerprint density at radius 1 is 1.61 bits per heavy atom. The number of hydrogen-bond donors (Lipinski definition) is 0. The highest BCUT2D eigenvalue weighted by atomic mass is 16.5. The highest BCUT2D eigenvalue weighted by Gasteiger charge is 2.81. The van der Waals surface area contributed by atoms with E-state index >= 15 is 0 Å². The van der Waals surface area contributed by atoms with Crippen LogP contribution in [0.3, 0.4) is 0 Å². The molecule has 3 aliphatic carbocycles. The van der Waals surface area contributed by atoms with Crippen LogP contribution in [0, 0.1) is 22.7 Å². The van der Waals surface area contributed by atoms with E-state index < -0.39 is 5.41 Å². The standard InChI is InChI=1S/C15H20O3/c1-3-5-10-6-7-14(13(17)18-4-2)9-12(16)11-8-15(10,11)14/h3,10-11H,1,4-9H2,2H3/t10-,11+,14+,15-/m1/s1. The van der Waals surface area contributed by atoms with Crippen LogP contribution < -0.4 is 0 Å². The predicted molar refractivity (Wildman–Crippen MR) is 66.8 cm³/mol. The van der Waals surface area contributed by atoms with Crippen molar-refractivity contribution in [1.82, 2.24) is 0 Å². The summed E-state index contributed by atoms with van der Waals surface area (Å²) >= 11 is 0. The lowest BCUT2D eigenvalue weighted by Crippen LogP contribution is -2.38. The quantitative estimate of drug-likeness (QED) is 0.567. The summed E-state index contributed by atoms with van der Waals surface area (Å²) in [5.74, 6) is 0.756. The van der Waals surface area contributed by atoms with Crippen molar-refractivity contribution in [2.75, 3.05) is 6.61 Å². The van der Waals surface area contributed by atoms with Gasteiger partial charge in [0.2, 0.25) is 0 Å². The van der Waals surface area contributed by atoms with Crippen molar-refractivity contribution >= 4 is 11.8 Å². The highest BCUT2D eigenvalue weighted by molar-refractivity contribution is 5.98. The molecular formula is C15H20O3. The van der Waals surface area contributed by atoms with Crippen molar-refractivity contribution in [3.05, 3.63) is 12.7 Å². The smallest absolute Gasteiger partial charge is 0.313 e. The van der Waals surface area contributed by atoms with Gasteiger partial charge in [-0.05, 0) is 38.5 Å². The van der Waals surface area contributed by atoms with Crippen LogP contribution in [0.25, 0.3) is 0 Å². The minimum Gasteiger partial charge on any atom is -0.466 e. The van der Waals surface area contributed by atoms with Gasteiger partial charge in [0.1, 0.15) is 5.78 Å². The molecule has 18 heavy (non-hydrogen) atoms. The van der Waals surface area contributed by atoms with Crippen LogP contribution >= 0.6 is 0 Å². The van der Waals surface area contributed by atoms with E-state index in [1.807, 2.05) is 13.0 Å². The zero-order valence-corrected chi connectivity index (χ0v) is 10.9. The second-order valence-corrected chi connectivity index (χ2v) is 6.00. The minimum absolute atomic E-state index is 0.0650. The number of esters is 1. The van der Waals surface area contributed by atoms with Gasteiger partial charge >= 0.3 is 5.97 Å². The lowest BCUT2D eigenvalue weighted by atomic mass is 9.72. The first-order valence-electron chi connectivity index (χ1n) is 6.93. The van der Waals surface area contributed by atoms with E-state index in [1.165, 1.54) is 0 Å². The molecule has 0 aromatic rings. The summed E-state index contributed by atoms with van der Waals surface area (Å²) in [6, 6.07) is 0. The maximum absolute atomic E-state index is 12.4. The summed E-state index contributed by atoms with van der Waals surface area (Å²) in [5, 5.41) is 0. The number of ether oxygens (including phenoxy) is 1. The number of ketones is 1. The maximum atomic E-state index is 12.4. The van der Waals surface area contributed by atoms with Gasteiger partial charge < -0.3 is 4.74 Å². The van der Waals surface area contributed by atoms with E-state index in [-0.39, 0.29) is 23.1 Å².